The van der Waals surface area contributed by atoms with Gasteiger partial charge in [-0.05, 0) is 47.9 Å². The molecule has 2 aliphatic heterocycles. The molecule has 1 unspecified atom stereocenters. The molecule has 1 N–H and O–H groups in total. The molecule has 34 heavy (non-hydrogen) atoms. The second kappa shape index (κ2) is 9.35. The third-order valence-electron chi connectivity index (χ3n) is 6.16. The van der Waals surface area contributed by atoms with Gasteiger partial charge in [0.2, 0.25) is 0 Å². The average molecular weight is 472 g/mol. The van der Waals surface area contributed by atoms with Crippen LogP contribution in [0, 0.1) is 0 Å². The van der Waals surface area contributed by atoms with E-state index in [0.29, 0.717) is 22.5 Å². The van der Waals surface area contributed by atoms with E-state index in [1.807, 2.05) is 73.7 Å². The van der Waals surface area contributed by atoms with Crippen LogP contribution in [0.15, 0.2) is 83.0 Å². The number of esters is 1. The Bertz CT molecular complexity index is 1340. The lowest BCUT2D eigenvalue weighted by Crippen LogP contribution is -2.42. The second-order valence-electron chi connectivity index (χ2n) is 8.29. The van der Waals surface area contributed by atoms with Gasteiger partial charge in [-0.25, -0.2) is 9.79 Å². The fourth-order valence-electron chi connectivity index (χ4n) is 4.59. The summed E-state index contributed by atoms with van der Waals surface area (Å²) in [5.41, 5.74) is 3.40. The van der Waals surface area contributed by atoms with Crippen molar-refractivity contribution in [1.29, 1.82) is 0 Å². The molecule has 0 aromatic heterocycles. The van der Waals surface area contributed by atoms with E-state index in [1.54, 1.807) is 11.8 Å². The monoisotopic (exact) mass is 471 g/mol. The summed E-state index contributed by atoms with van der Waals surface area (Å²) in [4.78, 5) is 32.8. The lowest BCUT2D eigenvalue weighted by molar-refractivity contribution is -0.136. The van der Waals surface area contributed by atoms with Gasteiger partial charge in [-0.1, -0.05) is 60.3 Å². The van der Waals surface area contributed by atoms with E-state index in [9.17, 15) is 9.59 Å². The Hall–Kier alpha value is -3.58. The lowest BCUT2D eigenvalue weighted by Gasteiger charge is -2.40. The van der Waals surface area contributed by atoms with Gasteiger partial charge in [0.1, 0.15) is 0 Å². The summed E-state index contributed by atoms with van der Waals surface area (Å²) < 4.78 is 5.12. The van der Waals surface area contributed by atoms with Crippen LogP contribution in [0.2, 0.25) is 0 Å². The van der Waals surface area contributed by atoms with E-state index in [4.69, 9.17) is 4.74 Å². The minimum atomic E-state index is -0.383. The largest absolute Gasteiger partial charge is 0.466 e. The first kappa shape index (κ1) is 22.2. The molecule has 0 radical (unpaired) electrons. The van der Waals surface area contributed by atoms with Gasteiger partial charge in [0.25, 0.3) is 5.91 Å². The summed E-state index contributed by atoms with van der Waals surface area (Å²) in [7, 11) is 1.39. The van der Waals surface area contributed by atoms with Crippen LogP contribution in [0.1, 0.15) is 35.3 Å². The van der Waals surface area contributed by atoms with E-state index >= 15 is 0 Å². The predicted molar refractivity (Wildman–Crippen MR) is 137 cm³/mol. The Morgan fingerprint density at radius 1 is 1.09 bits per heavy atom. The molecule has 5 rings (SSSR count). The molecule has 172 valence electrons. The summed E-state index contributed by atoms with van der Waals surface area (Å²) in [6, 6.07) is 20.9. The van der Waals surface area contributed by atoms with Crippen molar-refractivity contribution in [3.8, 4) is 0 Å². The number of hydrogen-bond acceptors (Lipinski definition) is 6. The Balaban J connectivity index is 1.50. The minimum Gasteiger partial charge on any atom is -0.466 e. The number of anilines is 1. The molecular formula is C27H25N3O3S. The van der Waals surface area contributed by atoms with E-state index in [-0.39, 0.29) is 17.9 Å². The molecule has 3 aromatic rings. The number of thioether (sulfide) groups is 1. The highest BCUT2D eigenvalue weighted by Crippen LogP contribution is 2.40. The second-order valence-corrected chi connectivity index (χ2v) is 9.35. The topological polar surface area (TPSA) is 71.0 Å². The molecule has 2 aliphatic rings. The molecule has 0 bridgehead atoms. The Morgan fingerprint density at radius 3 is 2.74 bits per heavy atom. The zero-order chi connectivity index (χ0) is 23.7. The first-order valence-corrected chi connectivity index (χ1v) is 12.2. The van der Waals surface area contributed by atoms with Gasteiger partial charge in [0.05, 0.1) is 24.4 Å². The number of carbonyl (C=O) groups excluding carboxylic acids is 2. The third-order valence-corrected chi connectivity index (χ3v) is 7.24. The fraction of sp³-hybridized carbons (Fsp3) is 0.222. The number of aliphatic imine (C=N–C) groups is 1. The standard InChI is InChI=1S/C27H25N3O3S/c1-17-23(26(32)33-2)24(30-14-7-15-34-27(30)28-17)19-10-5-11-20(16-19)29-25(31)22-13-6-9-18-8-3-4-12-21(18)22/h3-6,8-13,16,24H,7,14-15H2,1-2H3,(H,29,31). The molecule has 1 amide bonds. The van der Waals surface area contributed by atoms with Crippen LogP contribution in [0.3, 0.4) is 0 Å². The van der Waals surface area contributed by atoms with Crippen molar-refractivity contribution in [1.82, 2.24) is 4.90 Å². The number of nitrogens with one attached hydrogen (secondary N) is 1. The number of rotatable bonds is 4. The van der Waals surface area contributed by atoms with Crippen LogP contribution in [0.5, 0.6) is 0 Å². The molecule has 1 saturated heterocycles. The fourth-order valence-corrected chi connectivity index (χ4v) is 5.61. The lowest BCUT2D eigenvalue weighted by atomic mass is 9.94. The molecule has 1 fully saturated rings. The summed E-state index contributed by atoms with van der Waals surface area (Å²) in [6.07, 6.45) is 1.01. The summed E-state index contributed by atoms with van der Waals surface area (Å²) >= 11 is 1.70. The first-order valence-electron chi connectivity index (χ1n) is 11.2. The molecule has 7 heteroatoms. The van der Waals surface area contributed by atoms with Crippen molar-refractivity contribution >= 4 is 45.3 Å². The summed E-state index contributed by atoms with van der Waals surface area (Å²) in [6.45, 7) is 2.65. The minimum absolute atomic E-state index is 0.173. The highest BCUT2D eigenvalue weighted by molar-refractivity contribution is 8.13. The molecule has 0 spiro atoms. The average Bonchev–Trinajstić information content (AvgIpc) is 2.87. The summed E-state index contributed by atoms with van der Waals surface area (Å²) in [5.74, 6) is 0.448. The van der Waals surface area contributed by atoms with Gasteiger partial charge in [-0.15, -0.1) is 0 Å². The number of ether oxygens (including phenoxy) is 1. The zero-order valence-corrected chi connectivity index (χ0v) is 19.9. The maximum atomic E-state index is 13.2. The molecule has 1 atom stereocenters. The van der Waals surface area contributed by atoms with Crippen molar-refractivity contribution in [2.24, 2.45) is 4.99 Å². The predicted octanol–water partition coefficient (Wildman–Crippen LogP) is 5.39. The van der Waals surface area contributed by atoms with E-state index in [0.717, 1.165) is 40.2 Å². The normalized spacial score (nSPS) is 17.8. The molecule has 6 nitrogen and oxygen atoms in total. The van der Waals surface area contributed by atoms with Crippen LogP contribution >= 0.6 is 11.8 Å². The van der Waals surface area contributed by atoms with Gasteiger partial charge in [0.15, 0.2) is 5.17 Å². The van der Waals surface area contributed by atoms with Crippen LogP contribution < -0.4 is 5.32 Å². The molecule has 2 heterocycles. The van der Waals surface area contributed by atoms with Crippen LogP contribution in [-0.2, 0) is 9.53 Å². The summed E-state index contributed by atoms with van der Waals surface area (Å²) in [5, 5.41) is 5.89. The third kappa shape index (κ3) is 4.07. The molecule has 0 aliphatic carbocycles. The van der Waals surface area contributed by atoms with Crippen molar-refractivity contribution < 1.29 is 14.3 Å². The van der Waals surface area contributed by atoms with E-state index < -0.39 is 0 Å². The number of amidine groups is 1. The highest BCUT2D eigenvalue weighted by atomic mass is 32.2. The molecule has 3 aromatic carbocycles. The number of nitrogens with zero attached hydrogens (tertiary/aromatic N) is 2. The van der Waals surface area contributed by atoms with Gasteiger partial charge in [-0.3, -0.25) is 4.79 Å². The quantitative estimate of drug-likeness (QED) is 0.517. The van der Waals surface area contributed by atoms with Gasteiger partial charge < -0.3 is 15.0 Å². The number of benzene rings is 3. The van der Waals surface area contributed by atoms with Crippen LogP contribution in [0.4, 0.5) is 5.69 Å². The van der Waals surface area contributed by atoms with E-state index in [2.05, 4.69) is 15.2 Å². The smallest absolute Gasteiger partial charge is 0.338 e. The molecular weight excluding hydrogens is 446 g/mol. The SMILES string of the molecule is COC(=O)C1=C(C)N=C2SCCCN2C1c1cccc(NC(=O)c2cccc3ccccc23)c1. The van der Waals surface area contributed by atoms with Crippen LogP contribution in [-0.4, -0.2) is 41.4 Å². The number of amides is 1. The maximum absolute atomic E-state index is 13.2. The van der Waals surface area contributed by atoms with E-state index in [1.165, 1.54) is 7.11 Å². The number of fused-ring (bicyclic) bond motifs is 2. The number of allylic oxidation sites excluding steroid dienone is 1. The highest BCUT2D eigenvalue weighted by Gasteiger charge is 2.37. The Morgan fingerprint density at radius 2 is 1.88 bits per heavy atom. The first-order chi connectivity index (χ1) is 16.6. The molecule has 0 saturated carbocycles. The number of carbonyl (C=O) groups is 2. The maximum Gasteiger partial charge on any atom is 0.338 e. The Kier molecular flexibility index (Phi) is 6.11. The van der Waals surface area contributed by atoms with Crippen molar-refractivity contribution in [3.63, 3.8) is 0 Å². The zero-order valence-electron chi connectivity index (χ0n) is 19.1. The van der Waals surface area contributed by atoms with Crippen molar-refractivity contribution in [2.75, 3.05) is 24.7 Å². The van der Waals surface area contributed by atoms with Crippen molar-refractivity contribution in [2.45, 2.75) is 19.4 Å². The Labute approximate surface area is 202 Å². The van der Waals surface area contributed by atoms with Gasteiger partial charge in [0, 0.05) is 23.5 Å². The van der Waals surface area contributed by atoms with Crippen LogP contribution in [0.25, 0.3) is 10.8 Å². The van der Waals surface area contributed by atoms with Gasteiger partial charge in [-0.2, -0.15) is 0 Å². The number of hydrogen-bond donors (Lipinski definition) is 1. The number of methoxy groups -OCH3 is 1. The van der Waals surface area contributed by atoms with Gasteiger partial charge >= 0.3 is 5.97 Å². The van der Waals surface area contributed by atoms with Crippen molar-refractivity contribution in [3.05, 3.63) is 89.1 Å².